The van der Waals surface area contributed by atoms with Crippen molar-refractivity contribution in [3.63, 3.8) is 0 Å². The Morgan fingerprint density at radius 2 is 2.14 bits per heavy atom. The number of nitriles is 1. The number of benzene rings is 1. The first-order valence-corrected chi connectivity index (χ1v) is 6.79. The molecule has 0 atom stereocenters. The first-order chi connectivity index (χ1) is 10.0. The lowest BCUT2D eigenvalue weighted by atomic mass is 10.2. The van der Waals surface area contributed by atoms with Crippen LogP contribution < -0.4 is 0 Å². The van der Waals surface area contributed by atoms with Gasteiger partial charge in [-0.1, -0.05) is 0 Å². The fraction of sp³-hybridized carbons (Fsp3) is 0.467. The molecule has 4 nitrogen and oxygen atoms in total. The van der Waals surface area contributed by atoms with Crippen LogP contribution in [0.25, 0.3) is 11.0 Å². The minimum absolute atomic E-state index is 0.188. The molecule has 112 valence electrons. The molecule has 6 heteroatoms. The van der Waals surface area contributed by atoms with Crippen molar-refractivity contribution in [2.24, 2.45) is 0 Å². The van der Waals surface area contributed by atoms with Crippen LogP contribution in [0.1, 0.15) is 31.3 Å². The Labute approximate surface area is 122 Å². The highest BCUT2D eigenvalue weighted by Crippen LogP contribution is 2.22. The number of alkyl halides is 2. The van der Waals surface area contributed by atoms with Crippen molar-refractivity contribution < 1.29 is 13.5 Å². The first kappa shape index (κ1) is 15.4. The molecule has 2 aromatic rings. The van der Waals surface area contributed by atoms with Gasteiger partial charge in [0.15, 0.2) is 0 Å². The summed E-state index contributed by atoms with van der Waals surface area (Å²) < 4.78 is 31.0. The zero-order valence-corrected chi connectivity index (χ0v) is 12.0. The highest BCUT2D eigenvalue weighted by Gasteiger charge is 2.14. The minimum atomic E-state index is -2.45. The van der Waals surface area contributed by atoms with Gasteiger partial charge in [0, 0.05) is 12.5 Å². The maximum absolute atomic E-state index is 12.0. The Bertz CT molecular complexity index is 659. The van der Waals surface area contributed by atoms with Crippen LogP contribution in [-0.2, 0) is 11.2 Å². The topological polar surface area (TPSA) is 50.8 Å². The van der Waals surface area contributed by atoms with Gasteiger partial charge in [-0.3, -0.25) is 0 Å². The molecule has 1 heterocycles. The largest absolute Gasteiger partial charge is 0.375 e. The molecule has 1 aromatic heterocycles. The summed E-state index contributed by atoms with van der Waals surface area (Å²) in [7, 11) is 0. The lowest BCUT2D eigenvalue weighted by Gasteiger charge is -2.13. The summed E-state index contributed by atoms with van der Waals surface area (Å²) in [6.07, 6.45) is -1.99. The van der Waals surface area contributed by atoms with E-state index in [1.807, 2.05) is 24.5 Å². The fourth-order valence-corrected chi connectivity index (χ4v) is 2.31. The van der Waals surface area contributed by atoms with Crippen LogP contribution in [0.3, 0.4) is 0 Å². The fourth-order valence-electron chi connectivity index (χ4n) is 2.31. The van der Waals surface area contributed by atoms with E-state index in [2.05, 4.69) is 11.1 Å². The number of halogens is 2. The second kappa shape index (κ2) is 6.64. The molecule has 0 unspecified atom stereocenters. The molecule has 1 aromatic carbocycles. The molecule has 0 N–H and O–H groups in total. The van der Waals surface area contributed by atoms with Gasteiger partial charge >= 0.3 is 0 Å². The average Bonchev–Trinajstić information content (AvgIpc) is 2.80. The summed E-state index contributed by atoms with van der Waals surface area (Å²) in [6.45, 7) is 3.71. The van der Waals surface area contributed by atoms with Crippen LogP contribution in [0.15, 0.2) is 18.2 Å². The van der Waals surface area contributed by atoms with Crippen molar-refractivity contribution in [1.82, 2.24) is 9.55 Å². The maximum atomic E-state index is 12.0. The second-order valence-electron chi connectivity index (χ2n) is 5.02. The Kier molecular flexibility index (Phi) is 4.86. The van der Waals surface area contributed by atoms with Crippen LogP contribution in [0.5, 0.6) is 0 Å². The van der Waals surface area contributed by atoms with Gasteiger partial charge in [0.25, 0.3) is 6.43 Å². The average molecular weight is 293 g/mol. The maximum Gasteiger partial charge on any atom is 0.261 e. The normalized spacial score (nSPS) is 11.5. The van der Waals surface area contributed by atoms with E-state index in [0.29, 0.717) is 12.0 Å². The zero-order chi connectivity index (χ0) is 15.4. The number of imidazole rings is 1. The summed E-state index contributed by atoms with van der Waals surface area (Å²) >= 11 is 0. The quantitative estimate of drug-likeness (QED) is 0.768. The Hall–Kier alpha value is -2.00. The smallest absolute Gasteiger partial charge is 0.261 e. The molecule has 0 saturated heterocycles. The van der Waals surface area contributed by atoms with Crippen LogP contribution in [0, 0.1) is 11.3 Å². The molecular formula is C15H17F2N3O. The van der Waals surface area contributed by atoms with Gasteiger partial charge in [-0.15, -0.1) is 0 Å². The Morgan fingerprint density at radius 1 is 1.38 bits per heavy atom. The molecule has 0 spiro atoms. The molecule has 0 bridgehead atoms. The van der Waals surface area contributed by atoms with E-state index in [1.54, 1.807) is 12.1 Å². The van der Waals surface area contributed by atoms with E-state index in [1.165, 1.54) is 0 Å². The number of hydrogen-bond donors (Lipinski definition) is 0. The van der Waals surface area contributed by atoms with Crippen molar-refractivity contribution >= 4 is 11.0 Å². The summed E-state index contributed by atoms with van der Waals surface area (Å²) in [5, 5.41) is 8.93. The van der Waals surface area contributed by atoms with E-state index in [0.717, 1.165) is 16.9 Å². The van der Waals surface area contributed by atoms with Crippen molar-refractivity contribution in [1.29, 1.82) is 5.26 Å². The van der Waals surface area contributed by atoms with Crippen LogP contribution in [-0.4, -0.2) is 29.2 Å². The third kappa shape index (κ3) is 3.56. The third-order valence-electron chi connectivity index (χ3n) is 3.12. The van der Waals surface area contributed by atoms with E-state index in [9.17, 15) is 8.78 Å². The summed E-state index contributed by atoms with van der Waals surface area (Å²) in [5.74, 6) is 0.782. The van der Waals surface area contributed by atoms with Gasteiger partial charge in [0.2, 0.25) is 0 Å². The van der Waals surface area contributed by atoms with Crippen molar-refractivity contribution in [3.05, 3.63) is 29.6 Å². The molecule has 0 amide bonds. The SMILES string of the molecule is CC(C)n1c(CCOCC(F)F)nc2cc(C#N)ccc21. The molecule has 21 heavy (non-hydrogen) atoms. The number of nitrogens with zero attached hydrogens (tertiary/aromatic N) is 3. The number of rotatable bonds is 6. The molecule has 0 aliphatic heterocycles. The van der Waals surface area contributed by atoms with E-state index >= 15 is 0 Å². The Balaban J connectivity index is 2.25. The van der Waals surface area contributed by atoms with Crippen molar-refractivity contribution in [2.45, 2.75) is 32.7 Å². The summed E-state index contributed by atoms with van der Waals surface area (Å²) in [4.78, 5) is 4.50. The first-order valence-electron chi connectivity index (χ1n) is 6.79. The van der Waals surface area contributed by atoms with Gasteiger partial charge in [-0.25, -0.2) is 13.8 Å². The van der Waals surface area contributed by atoms with Gasteiger partial charge in [-0.05, 0) is 32.0 Å². The summed E-state index contributed by atoms with van der Waals surface area (Å²) in [6, 6.07) is 7.62. The van der Waals surface area contributed by atoms with Gasteiger partial charge in [0.1, 0.15) is 12.4 Å². The number of ether oxygens (including phenoxy) is 1. The van der Waals surface area contributed by atoms with E-state index in [4.69, 9.17) is 10.00 Å². The minimum Gasteiger partial charge on any atom is -0.375 e. The monoisotopic (exact) mass is 293 g/mol. The number of hydrogen-bond acceptors (Lipinski definition) is 3. The lowest BCUT2D eigenvalue weighted by molar-refractivity contribution is 0.0181. The zero-order valence-electron chi connectivity index (χ0n) is 12.0. The molecular weight excluding hydrogens is 276 g/mol. The van der Waals surface area contributed by atoms with Crippen molar-refractivity contribution in [3.8, 4) is 6.07 Å². The van der Waals surface area contributed by atoms with Gasteiger partial charge in [0.05, 0.1) is 29.3 Å². The van der Waals surface area contributed by atoms with E-state index in [-0.39, 0.29) is 12.6 Å². The second-order valence-corrected chi connectivity index (χ2v) is 5.02. The molecule has 2 rings (SSSR count). The number of aromatic nitrogens is 2. The molecule has 0 aliphatic carbocycles. The summed E-state index contributed by atoms with van der Waals surface area (Å²) in [5.41, 5.74) is 2.23. The van der Waals surface area contributed by atoms with Crippen LogP contribution >= 0.6 is 0 Å². The highest BCUT2D eigenvalue weighted by atomic mass is 19.3. The molecule has 0 radical (unpaired) electrons. The van der Waals surface area contributed by atoms with Crippen LogP contribution in [0.4, 0.5) is 8.78 Å². The molecule has 0 aliphatic rings. The van der Waals surface area contributed by atoms with Crippen LogP contribution in [0.2, 0.25) is 0 Å². The Morgan fingerprint density at radius 3 is 2.76 bits per heavy atom. The van der Waals surface area contributed by atoms with Gasteiger partial charge in [-0.2, -0.15) is 5.26 Å². The number of fused-ring (bicyclic) bond motifs is 1. The standard InChI is InChI=1S/C15H17F2N3O/c1-10(2)20-13-4-3-11(8-18)7-12(13)19-15(20)5-6-21-9-14(16)17/h3-4,7,10,14H,5-6,9H2,1-2H3. The molecule has 0 fully saturated rings. The third-order valence-corrected chi connectivity index (χ3v) is 3.12. The molecule has 0 saturated carbocycles. The van der Waals surface area contributed by atoms with Crippen molar-refractivity contribution in [2.75, 3.05) is 13.2 Å². The highest BCUT2D eigenvalue weighted by molar-refractivity contribution is 5.78. The lowest BCUT2D eigenvalue weighted by Crippen LogP contribution is -2.11. The van der Waals surface area contributed by atoms with Gasteiger partial charge < -0.3 is 9.30 Å². The van der Waals surface area contributed by atoms with E-state index < -0.39 is 13.0 Å². The predicted molar refractivity (Wildman–Crippen MR) is 75.4 cm³/mol. The predicted octanol–water partition coefficient (Wildman–Crippen LogP) is 3.31.